The number of ether oxygens (including phenoxy) is 1. The SMILES string of the molecule is Cn1nc2nc1-c1cc(ccc1F)Oc1c(F)cc3[nH]ccc3c1CC(N)=CC=NCCS(=O)CCC2(C)c1cccc(CCC(=O)O)c1. The third-order valence-electron chi connectivity index (χ3n) is 8.77. The van der Waals surface area contributed by atoms with Gasteiger partial charge in [-0.3, -0.25) is 14.0 Å². The van der Waals surface area contributed by atoms with Gasteiger partial charge in [0.05, 0.1) is 17.5 Å². The van der Waals surface area contributed by atoms with E-state index in [1.807, 2.05) is 37.3 Å². The normalized spacial score (nSPS) is 18.8. The zero-order valence-electron chi connectivity index (χ0n) is 27.1. The van der Waals surface area contributed by atoms with Crippen molar-refractivity contribution >= 4 is 33.9 Å². The first-order valence-electron chi connectivity index (χ1n) is 15.8. The molecule has 0 amide bonds. The largest absolute Gasteiger partial charge is 0.481 e. The standard InChI is InChI=1S/C36H36F2N6O4S/c1-36(23-5-3-4-22(18-23)6-9-32(45)46)12-16-49(47)17-15-40-13-10-24(39)19-27-26-11-14-41-31(26)21-30(38)33(27)48-25-7-8-29(37)28(20-25)34-42-35(36)43-44(34)2/h3-5,7-8,10-11,13-14,18,20-21,41H,6,9,12,15-17,19,39H2,1-2H3,(H,45,46). The molecule has 0 aliphatic carbocycles. The van der Waals surface area contributed by atoms with Crippen LogP contribution in [0.15, 0.2) is 77.6 Å². The minimum Gasteiger partial charge on any atom is -0.481 e. The first kappa shape index (κ1) is 33.7. The highest BCUT2D eigenvalue weighted by Crippen LogP contribution is 2.39. The first-order chi connectivity index (χ1) is 23.5. The number of aliphatic imine (C=N–C) groups is 1. The molecule has 10 nitrogen and oxygen atoms in total. The second kappa shape index (κ2) is 14.1. The molecule has 0 radical (unpaired) electrons. The number of nitrogens with one attached hydrogen (secondary N) is 1. The molecule has 2 atom stereocenters. The van der Waals surface area contributed by atoms with Crippen molar-refractivity contribution in [1.29, 1.82) is 0 Å². The number of halogens is 2. The van der Waals surface area contributed by atoms with Gasteiger partial charge in [0, 0.05) is 82.8 Å². The van der Waals surface area contributed by atoms with Gasteiger partial charge in [0.1, 0.15) is 11.6 Å². The van der Waals surface area contributed by atoms with Crippen molar-refractivity contribution in [2.45, 2.75) is 38.0 Å². The molecule has 4 bridgehead atoms. The van der Waals surface area contributed by atoms with Gasteiger partial charge in [0.25, 0.3) is 0 Å². The number of fused-ring (bicyclic) bond motifs is 8. The van der Waals surface area contributed by atoms with Gasteiger partial charge >= 0.3 is 5.97 Å². The lowest BCUT2D eigenvalue weighted by Gasteiger charge is -2.28. The second-order valence-corrected chi connectivity index (χ2v) is 13.9. The maximum atomic E-state index is 15.6. The fraction of sp³-hybridized carbons (Fsp3) is 0.278. The number of aliphatic carboxylic acids is 1. The minimum absolute atomic E-state index is 0.0281. The molecule has 0 fully saturated rings. The molecule has 254 valence electrons. The Hall–Kier alpha value is -5.17. The summed E-state index contributed by atoms with van der Waals surface area (Å²) in [5, 5.41) is 14.7. The molecule has 1 aliphatic rings. The van der Waals surface area contributed by atoms with Crippen LogP contribution in [0.25, 0.3) is 22.3 Å². The molecule has 5 aromatic rings. The Morgan fingerprint density at radius 2 is 1.98 bits per heavy atom. The highest BCUT2D eigenvalue weighted by Gasteiger charge is 2.35. The number of benzene rings is 3. The third kappa shape index (κ3) is 7.31. The van der Waals surface area contributed by atoms with Gasteiger partial charge in [0.2, 0.25) is 0 Å². The molecule has 2 aromatic heterocycles. The van der Waals surface area contributed by atoms with Crippen molar-refractivity contribution in [2.24, 2.45) is 17.8 Å². The number of nitrogens with zero attached hydrogens (tertiary/aromatic N) is 4. The number of carboxylic acids is 1. The number of carboxylic acid groups (broad SMARTS) is 1. The number of rotatable bonds is 4. The number of aromatic nitrogens is 4. The molecule has 2 unspecified atom stereocenters. The number of hydrogen-bond acceptors (Lipinski definition) is 7. The topological polar surface area (TPSA) is 148 Å². The summed E-state index contributed by atoms with van der Waals surface area (Å²) in [7, 11) is 0.404. The Labute approximate surface area is 284 Å². The number of aromatic amines is 1. The highest BCUT2D eigenvalue weighted by atomic mass is 32.2. The van der Waals surface area contributed by atoms with Gasteiger partial charge in [-0.05, 0) is 61.2 Å². The molecular weight excluding hydrogens is 650 g/mol. The van der Waals surface area contributed by atoms with E-state index >= 15 is 8.78 Å². The van der Waals surface area contributed by atoms with Crippen LogP contribution in [0, 0.1) is 11.6 Å². The number of carbonyl (C=O) groups is 1. The summed E-state index contributed by atoms with van der Waals surface area (Å²) in [6.07, 6.45) is 5.72. The van der Waals surface area contributed by atoms with E-state index in [1.54, 1.807) is 25.5 Å². The van der Waals surface area contributed by atoms with Gasteiger partial charge in [-0.15, -0.1) is 0 Å². The molecule has 3 heterocycles. The minimum atomic E-state index is -1.25. The first-order valence-corrected chi connectivity index (χ1v) is 17.3. The monoisotopic (exact) mass is 686 g/mol. The van der Waals surface area contributed by atoms with Gasteiger partial charge in [-0.1, -0.05) is 24.3 Å². The fourth-order valence-corrected chi connectivity index (χ4v) is 7.14. The molecule has 0 spiro atoms. The number of aryl methyl sites for hydroxylation is 2. The van der Waals surface area contributed by atoms with Crippen LogP contribution < -0.4 is 10.5 Å². The third-order valence-corrected chi connectivity index (χ3v) is 10.1. The van der Waals surface area contributed by atoms with Crippen LogP contribution in [0.3, 0.4) is 0 Å². The Balaban J connectivity index is 1.47. The molecule has 0 saturated heterocycles. The predicted molar refractivity (Wildman–Crippen MR) is 185 cm³/mol. The Morgan fingerprint density at radius 1 is 1.14 bits per heavy atom. The summed E-state index contributed by atoms with van der Waals surface area (Å²) in [5.41, 5.74) is 8.69. The lowest BCUT2D eigenvalue weighted by molar-refractivity contribution is -0.136. The lowest BCUT2D eigenvalue weighted by atomic mass is 9.78. The van der Waals surface area contributed by atoms with Crippen LogP contribution in [0.1, 0.15) is 42.3 Å². The predicted octanol–water partition coefficient (Wildman–Crippen LogP) is 5.97. The van der Waals surface area contributed by atoms with Gasteiger partial charge in [-0.25, -0.2) is 18.4 Å². The van der Waals surface area contributed by atoms with E-state index in [4.69, 9.17) is 20.6 Å². The van der Waals surface area contributed by atoms with Crippen LogP contribution in [0.2, 0.25) is 0 Å². The Morgan fingerprint density at radius 3 is 2.80 bits per heavy atom. The maximum absolute atomic E-state index is 15.6. The van der Waals surface area contributed by atoms with Crippen molar-refractivity contribution in [3.05, 3.63) is 107 Å². The van der Waals surface area contributed by atoms with Crippen molar-refractivity contribution in [1.82, 2.24) is 19.7 Å². The lowest BCUT2D eigenvalue weighted by Crippen LogP contribution is -2.28. The summed E-state index contributed by atoms with van der Waals surface area (Å²) in [6.45, 7) is 2.24. The van der Waals surface area contributed by atoms with Crippen molar-refractivity contribution in [3.8, 4) is 22.9 Å². The molecule has 0 saturated carbocycles. The second-order valence-electron chi connectivity index (χ2n) is 12.2. The van der Waals surface area contributed by atoms with Gasteiger partial charge in [0.15, 0.2) is 23.2 Å². The van der Waals surface area contributed by atoms with Crippen LogP contribution in [-0.4, -0.2) is 59.3 Å². The summed E-state index contributed by atoms with van der Waals surface area (Å²) in [5.74, 6) is -0.757. The van der Waals surface area contributed by atoms with E-state index in [0.717, 1.165) is 11.1 Å². The van der Waals surface area contributed by atoms with Gasteiger partial charge < -0.3 is 20.6 Å². The average Bonchev–Trinajstić information content (AvgIpc) is 3.71. The summed E-state index contributed by atoms with van der Waals surface area (Å²) in [4.78, 5) is 23.5. The number of nitrogens with two attached hydrogens (primary N) is 1. The van der Waals surface area contributed by atoms with Crippen LogP contribution in [-0.2, 0) is 40.9 Å². The average molecular weight is 687 g/mol. The molecular formula is C36H36F2N6O4S. The summed E-state index contributed by atoms with van der Waals surface area (Å²) >= 11 is 0. The quantitative estimate of drug-likeness (QED) is 0.211. The highest BCUT2D eigenvalue weighted by molar-refractivity contribution is 7.85. The van der Waals surface area contributed by atoms with E-state index < -0.39 is 33.8 Å². The molecule has 3 aromatic carbocycles. The van der Waals surface area contributed by atoms with E-state index in [9.17, 15) is 14.1 Å². The molecule has 1 aliphatic heterocycles. The number of allylic oxidation sites excluding steroid dienone is 2. The van der Waals surface area contributed by atoms with Gasteiger partial charge in [-0.2, -0.15) is 5.10 Å². The molecule has 49 heavy (non-hydrogen) atoms. The smallest absolute Gasteiger partial charge is 0.303 e. The summed E-state index contributed by atoms with van der Waals surface area (Å²) < 4.78 is 52.0. The van der Waals surface area contributed by atoms with E-state index in [-0.39, 0.29) is 35.7 Å². The maximum Gasteiger partial charge on any atom is 0.303 e. The zero-order chi connectivity index (χ0) is 34.7. The van der Waals surface area contributed by atoms with Crippen molar-refractivity contribution < 1.29 is 27.6 Å². The van der Waals surface area contributed by atoms with Crippen LogP contribution in [0.4, 0.5) is 8.78 Å². The van der Waals surface area contributed by atoms with Crippen LogP contribution in [0.5, 0.6) is 11.5 Å². The fourth-order valence-electron chi connectivity index (χ4n) is 5.99. The summed E-state index contributed by atoms with van der Waals surface area (Å²) in [6, 6.07) is 14.8. The van der Waals surface area contributed by atoms with E-state index in [2.05, 4.69) is 9.98 Å². The van der Waals surface area contributed by atoms with E-state index in [1.165, 1.54) is 28.9 Å². The Bertz CT molecular complexity index is 2120. The molecule has 4 N–H and O–H groups in total. The Kier molecular flexibility index (Phi) is 9.72. The van der Waals surface area contributed by atoms with Crippen LogP contribution >= 0.6 is 0 Å². The zero-order valence-corrected chi connectivity index (χ0v) is 27.9. The molecule has 13 heteroatoms. The number of H-pyrrole nitrogens is 1. The molecule has 6 rings (SSSR count). The van der Waals surface area contributed by atoms with E-state index in [0.29, 0.717) is 58.9 Å². The van der Waals surface area contributed by atoms with Crippen molar-refractivity contribution in [2.75, 3.05) is 18.1 Å². The number of hydrogen-bond donors (Lipinski definition) is 3. The van der Waals surface area contributed by atoms with Crippen molar-refractivity contribution in [3.63, 3.8) is 0 Å².